The number of rotatable bonds is 1. The Morgan fingerprint density at radius 2 is 2.18 bits per heavy atom. The topological polar surface area (TPSA) is 40.1 Å². The van der Waals surface area contributed by atoms with Crippen molar-refractivity contribution in [2.45, 2.75) is 4.90 Å². The molecule has 11 heavy (non-hydrogen) atoms. The van der Waals surface area contributed by atoms with Crippen LogP contribution in [-0.2, 0) is 11.1 Å². The second-order valence-electron chi connectivity index (χ2n) is 1.81. The smallest absolute Gasteiger partial charge is 0.138 e. The molecule has 0 aliphatic carbocycles. The molecule has 60 valence electrons. The molecule has 0 amide bonds. The fourth-order valence-electron chi connectivity index (χ4n) is 0.581. The van der Waals surface area contributed by atoms with Crippen LogP contribution in [0.2, 0.25) is 0 Å². The molecule has 0 fully saturated rings. The summed E-state index contributed by atoms with van der Waals surface area (Å²) in [4.78, 5) is -0.0503. The van der Waals surface area contributed by atoms with E-state index in [9.17, 15) is 13.2 Å². The molecule has 2 nitrogen and oxygen atoms in total. The van der Waals surface area contributed by atoms with Crippen molar-refractivity contribution in [1.82, 2.24) is 0 Å². The molecule has 1 atom stereocenters. The van der Waals surface area contributed by atoms with E-state index < -0.39 is 16.9 Å². The highest BCUT2D eigenvalue weighted by molar-refractivity contribution is 9.10. The standard InChI is InChI=1S/C6H4BrFO2S/c7-5-2-1-4(11(9)10)3-6(5)8/h1-3H,(H,9,10)/p-1. The summed E-state index contributed by atoms with van der Waals surface area (Å²) >= 11 is 0.544. The summed E-state index contributed by atoms with van der Waals surface area (Å²) in [7, 11) is 0. The van der Waals surface area contributed by atoms with E-state index in [1.165, 1.54) is 12.1 Å². The molecule has 0 N–H and O–H groups in total. The monoisotopic (exact) mass is 237 g/mol. The molecule has 1 aromatic rings. The minimum atomic E-state index is -2.36. The van der Waals surface area contributed by atoms with Gasteiger partial charge >= 0.3 is 0 Å². The largest absolute Gasteiger partial charge is 0.768 e. The molecule has 0 radical (unpaired) electrons. The molecule has 1 aromatic carbocycles. The summed E-state index contributed by atoms with van der Waals surface area (Å²) in [6, 6.07) is 3.62. The predicted octanol–water partition coefficient (Wildman–Crippen LogP) is 1.83. The van der Waals surface area contributed by atoms with Crippen LogP contribution in [0.5, 0.6) is 0 Å². The normalized spacial score (nSPS) is 13.0. The highest BCUT2D eigenvalue weighted by atomic mass is 79.9. The molecule has 0 aliphatic rings. The van der Waals surface area contributed by atoms with Gasteiger partial charge in [-0.15, -0.1) is 0 Å². The lowest BCUT2D eigenvalue weighted by Gasteiger charge is -2.04. The van der Waals surface area contributed by atoms with Crippen LogP contribution in [0.15, 0.2) is 27.6 Å². The second-order valence-corrected chi connectivity index (χ2v) is 3.61. The molecule has 1 rings (SSSR count). The molecule has 0 aliphatic heterocycles. The van der Waals surface area contributed by atoms with Gasteiger partial charge in [0.2, 0.25) is 0 Å². The van der Waals surface area contributed by atoms with Gasteiger partial charge in [0.05, 0.1) is 4.47 Å². The van der Waals surface area contributed by atoms with Crippen molar-refractivity contribution in [3.63, 3.8) is 0 Å². The van der Waals surface area contributed by atoms with E-state index in [-0.39, 0.29) is 9.37 Å². The Balaban J connectivity index is 3.15. The average molecular weight is 238 g/mol. The van der Waals surface area contributed by atoms with Crippen molar-refractivity contribution in [3.05, 3.63) is 28.5 Å². The van der Waals surface area contributed by atoms with Crippen LogP contribution in [0.3, 0.4) is 0 Å². The van der Waals surface area contributed by atoms with Crippen LogP contribution in [0, 0.1) is 5.82 Å². The number of benzene rings is 1. The van der Waals surface area contributed by atoms with Gasteiger partial charge in [-0.2, -0.15) is 0 Å². The lowest BCUT2D eigenvalue weighted by molar-refractivity contribution is 0.535. The third-order valence-electron chi connectivity index (χ3n) is 1.08. The van der Waals surface area contributed by atoms with Crippen LogP contribution in [0.1, 0.15) is 0 Å². The van der Waals surface area contributed by atoms with Gasteiger partial charge < -0.3 is 4.55 Å². The Morgan fingerprint density at radius 1 is 1.55 bits per heavy atom. The zero-order valence-electron chi connectivity index (χ0n) is 5.21. The first-order valence-electron chi connectivity index (χ1n) is 2.65. The van der Waals surface area contributed by atoms with E-state index in [1.54, 1.807) is 0 Å². The van der Waals surface area contributed by atoms with E-state index in [2.05, 4.69) is 15.9 Å². The summed E-state index contributed by atoms with van der Waals surface area (Å²) < 4.78 is 33.4. The average Bonchev–Trinajstić information content (AvgIpc) is 1.94. The van der Waals surface area contributed by atoms with E-state index >= 15 is 0 Å². The number of hydrogen-bond acceptors (Lipinski definition) is 2. The van der Waals surface area contributed by atoms with Gasteiger partial charge in [-0.25, -0.2) is 4.39 Å². The Morgan fingerprint density at radius 3 is 2.64 bits per heavy atom. The van der Waals surface area contributed by atoms with Gasteiger partial charge in [-0.05, 0) is 45.2 Å². The Bertz CT molecular complexity index is 303. The fraction of sp³-hybridized carbons (Fsp3) is 0. The van der Waals surface area contributed by atoms with Gasteiger partial charge in [0.1, 0.15) is 5.82 Å². The highest BCUT2D eigenvalue weighted by Gasteiger charge is 1.99. The fourth-order valence-corrected chi connectivity index (χ4v) is 1.21. The Hall–Kier alpha value is -0.260. The molecular weight excluding hydrogens is 235 g/mol. The highest BCUT2D eigenvalue weighted by Crippen LogP contribution is 2.17. The zero-order chi connectivity index (χ0) is 8.43. The SMILES string of the molecule is O=S([O-])c1ccc(Br)c(F)c1. The van der Waals surface area contributed by atoms with Crippen molar-refractivity contribution in [2.24, 2.45) is 0 Å². The first-order valence-corrected chi connectivity index (χ1v) is 4.52. The van der Waals surface area contributed by atoms with Gasteiger partial charge in [0, 0.05) is 4.90 Å². The molecule has 0 saturated carbocycles. The molecule has 0 bridgehead atoms. The molecule has 1 unspecified atom stereocenters. The van der Waals surface area contributed by atoms with Crippen molar-refractivity contribution in [1.29, 1.82) is 0 Å². The Labute approximate surface area is 73.8 Å². The lowest BCUT2D eigenvalue weighted by atomic mass is 10.3. The summed E-state index contributed by atoms with van der Waals surface area (Å²) in [6.07, 6.45) is 0. The minimum Gasteiger partial charge on any atom is -0.768 e. The van der Waals surface area contributed by atoms with E-state index in [1.807, 2.05) is 0 Å². The first-order chi connectivity index (χ1) is 5.11. The van der Waals surface area contributed by atoms with Crippen molar-refractivity contribution >= 4 is 27.0 Å². The molecule has 0 saturated heterocycles. The lowest BCUT2D eigenvalue weighted by Crippen LogP contribution is -1.89. The Kier molecular flexibility index (Phi) is 2.75. The molecule has 0 aromatic heterocycles. The third kappa shape index (κ3) is 2.08. The van der Waals surface area contributed by atoms with Gasteiger partial charge in [0.25, 0.3) is 0 Å². The van der Waals surface area contributed by atoms with Crippen LogP contribution >= 0.6 is 15.9 Å². The summed E-state index contributed by atoms with van der Waals surface area (Å²) in [5.41, 5.74) is 0. The maximum Gasteiger partial charge on any atom is 0.138 e. The summed E-state index contributed by atoms with van der Waals surface area (Å²) in [5, 5.41) is 0. The minimum absolute atomic E-state index is 0.0503. The number of hydrogen-bond donors (Lipinski definition) is 0. The van der Waals surface area contributed by atoms with Crippen molar-refractivity contribution in [2.75, 3.05) is 0 Å². The predicted molar refractivity (Wildman–Crippen MR) is 41.3 cm³/mol. The molecule has 0 spiro atoms. The maximum atomic E-state index is 12.6. The van der Waals surface area contributed by atoms with E-state index in [0.717, 1.165) is 6.07 Å². The van der Waals surface area contributed by atoms with Crippen LogP contribution < -0.4 is 0 Å². The van der Waals surface area contributed by atoms with Crippen LogP contribution in [-0.4, -0.2) is 8.76 Å². The van der Waals surface area contributed by atoms with Gasteiger partial charge in [-0.1, -0.05) is 0 Å². The van der Waals surface area contributed by atoms with Gasteiger partial charge in [-0.3, -0.25) is 4.21 Å². The van der Waals surface area contributed by atoms with Gasteiger partial charge in [0.15, 0.2) is 0 Å². The van der Waals surface area contributed by atoms with Crippen LogP contribution in [0.25, 0.3) is 0 Å². The molecule has 5 heteroatoms. The first kappa shape index (κ1) is 8.83. The van der Waals surface area contributed by atoms with E-state index in [4.69, 9.17) is 0 Å². The van der Waals surface area contributed by atoms with Crippen molar-refractivity contribution < 1.29 is 13.2 Å². The summed E-state index contributed by atoms with van der Waals surface area (Å²) in [6.45, 7) is 0. The quantitative estimate of drug-likeness (QED) is 0.700. The van der Waals surface area contributed by atoms with Crippen LogP contribution in [0.4, 0.5) is 4.39 Å². The van der Waals surface area contributed by atoms with Crippen molar-refractivity contribution in [3.8, 4) is 0 Å². The van der Waals surface area contributed by atoms with E-state index in [0.29, 0.717) is 0 Å². The number of halogens is 2. The second kappa shape index (κ2) is 3.42. The summed E-state index contributed by atoms with van der Waals surface area (Å²) in [5.74, 6) is -0.577. The molecular formula is C6H3BrFO2S-. The third-order valence-corrected chi connectivity index (χ3v) is 2.37. The zero-order valence-corrected chi connectivity index (χ0v) is 7.62. The maximum absolute atomic E-state index is 12.6. The molecule has 0 heterocycles.